The lowest BCUT2D eigenvalue weighted by Gasteiger charge is -2.31. The van der Waals surface area contributed by atoms with Gasteiger partial charge in [0.05, 0.1) is 37.6 Å². The number of aromatic carboxylic acids is 1. The highest BCUT2D eigenvalue weighted by Crippen LogP contribution is 2.46. The molecule has 1 heterocycles. The Kier molecular flexibility index (Phi) is 11.6. The first-order valence-electron chi connectivity index (χ1n) is 18.1. The molecule has 0 bridgehead atoms. The van der Waals surface area contributed by atoms with Crippen LogP contribution in [0.5, 0.6) is 5.75 Å². The molecule has 1 N–H and O–H groups in total. The van der Waals surface area contributed by atoms with E-state index in [1.54, 1.807) is 0 Å². The van der Waals surface area contributed by atoms with E-state index in [9.17, 15) is 40.7 Å². The van der Waals surface area contributed by atoms with Crippen LogP contribution in [0.3, 0.4) is 0 Å². The largest absolute Gasteiger partial charge is 0.488 e. The third kappa shape index (κ3) is 8.78. The van der Waals surface area contributed by atoms with E-state index in [-0.39, 0.29) is 38.4 Å². The molecule has 2 saturated carbocycles. The van der Waals surface area contributed by atoms with E-state index in [2.05, 4.69) is 6.07 Å². The molecule has 0 aromatic heterocycles. The van der Waals surface area contributed by atoms with Gasteiger partial charge in [-0.1, -0.05) is 35.9 Å². The molecule has 4 aromatic rings. The zero-order chi connectivity index (χ0) is 40.8. The number of sulfonamides is 1. The predicted octanol–water partition coefficient (Wildman–Crippen LogP) is 8.61. The van der Waals surface area contributed by atoms with Gasteiger partial charge < -0.3 is 19.5 Å². The summed E-state index contributed by atoms with van der Waals surface area (Å²) in [5, 5.41) is 9.50. The van der Waals surface area contributed by atoms with Crippen molar-refractivity contribution in [3.63, 3.8) is 0 Å². The maximum atomic E-state index is 15.2. The zero-order valence-corrected chi connectivity index (χ0v) is 31.6. The summed E-state index contributed by atoms with van der Waals surface area (Å²) in [7, 11) is -5.79. The minimum atomic E-state index is -5.79. The van der Waals surface area contributed by atoms with Gasteiger partial charge in [0.2, 0.25) is 21.7 Å². The van der Waals surface area contributed by atoms with Crippen LogP contribution in [-0.2, 0) is 32.6 Å². The third-order valence-electron chi connectivity index (χ3n) is 10.2. The molecule has 1 amide bonds. The molecule has 0 radical (unpaired) electrons. The van der Waals surface area contributed by atoms with E-state index in [1.165, 1.54) is 18.2 Å². The van der Waals surface area contributed by atoms with E-state index in [4.69, 9.17) is 21.1 Å². The van der Waals surface area contributed by atoms with Crippen LogP contribution < -0.4 is 9.64 Å². The molecule has 57 heavy (non-hydrogen) atoms. The van der Waals surface area contributed by atoms with E-state index < -0.39 is 80.9 Å². The third-order valence-corrected chi connectivity index (χ3v) is 12.3. The molecular weight excluding hydrogens is 802 g/mol. The Labute approximate surface area is 328 Å². The fourth-order valence-electron chi connectivity index (χ4n) is 6.81. The number of carboxylic acid groups (broad SMARTS) is 1. The van der Waals surface area contributed by atoms with Gasteiger partial charge in [0, 0.05) is 24.4 Å². The molecule has 3 aliphatic rings. The second-order valence-corrected chi connectivity index (χ2v) is 16.6. The van der Waals surface area contributed by atoms with Crippen LogP contribution in [0.4, 0.5) is 32.0 Å². The lowest BCUT2D eigenvalue weighted by atomic mass is 9.99. The molecule has 1 aliphatic heterocycles. The Bertz CT molecular complexity index is 2290. The number of anilines is 1. The molecule has 1 saturated heterocycles. The average Bonchev–Trinajstić information content (AvgIpc) is 4.11. The van der Waals surface area contributed by atoms with Gasteiger partial charge in [0.15, 0.2) is 28.2 Å². The van der Waals surface area contributed by atoms with Gasteiger partial charge in [0.25, 0.3) is 0 Å². The maximum absolute atomic E-state index is 15.2. The molecular formula is C40H35ClF6N2O7S. The van der Waals surface area contributed by atoms with Gasteiger partial charge in [-0.3, -0.25) is 4.79 Å². The number of hydrogen-bond donors (Lipinski definition) is 1. The van der Waals surface area contributed by atoms with Crippen LogP contribution in [0.25, 0.3) is 0 Å². The monoisotopic (exact) mass is 836 g/mol. The van der Waals surface area contributed by atoms with Gasteiger partial charge in [-0.05, 0) is 90.1 Å². The molecule has 17 heteroatoms. The highest BCUT2D eigenvalue weighted by atomic mass is 35.5. The maximum Gasteiger partial charge on any atom is 0.335 e. The summed E-state index contributed by atoms with van der Waals surface area (Å²) in [5.41, 5.74) is 2.36. The smallest absolute Gasteiger partial charge is 0.335 e. The van der Waals surface area contributed by atoms with Gasteiger partial charge in [-0.2, -0.15) is 4.31 Å². The molecule has 7 rings (SSSR count). The summed E-state index contributed by atoms with van der Waals surface area (Å²) in [6.07, 6.45) is 4.23. The van der Waals surface area contributed by atoms with Crippen molar-refractivity contribution in [1.82, 2.24) is 4.31 Å². The highest BCUT2D eigenvalue weighted by molar-refractivity contribution is 7.89. The summed E-state index contributed by atoms with van der Waals surface area (Å²) >= 11 is 6.20. The second kappa shape index (κ2) is 16.3. The normalized spacial score (nSPS) is 16.2. The first kappa shape index (κ1) is 40.6. The minimum absolute atomic E-state index is 0.00897. The van der Waals surface area contributed by atoms with Gasteiger partial charge in [0.1, 0.15) is 17.7 Å². The number of carbonyl (C=O) groups excluding carboxylic acids is 1. The Morgan fingerprint density at radius 2 is 1.37 bits per heavy atom. The summed E-state index contributed by atoms with van der Waals surface area (Å²) in [5.74, 6) is -15.6. The van der Waals surface area contributed by atoms with Crippen molar-refractivity contribution in [3.8, 4) is 5.75 Å². The number of hydrogen-bond acceptors (Lipinski definition) is 6. The molecule has 0 atom stereocenters. The van der Waals surface area contributed by atoms with Crippen molar-refractivity contribution in [3.05, 3.63) is 122 Å². The number of halogens is 7. The number of carboxylic acids is 1. The Morgan fingerprint density at radius 1 is 0.772 bits per heavy atom. The molecule has 2 aliphatic carbocycles. The zero-order valence-electron chi connectivity index (χ0n) is 30.1. The second-order valence-electron chi connectivity index (χ2n) is 14.4. The Hall–Kier alpha value is -4.64. The minimum Gasteiger partial charge on any atom is -0.488 e. The van der Waals surface area contributed by atoms with Crippen molar-refractivity contribution in [1.29, 1.82) is 0 Å². The van der Waals surface area contributed by atoms with Crippen LogP contribution in [0.15, 0.2) is 59.5 Å². The van der Waals surface area contributed by atoms with Crippen LogP contribution in [-0.4, -0.2) is 55.6 Å². The SMILES string of the molecule is O=C(O)c1ccc(N(Cc2cc(C3CC3)cc(C3CC3)c2)C(=O)CN(Cc2ccc(F)cc2Cl)S(=O)(=O)c2c(F)c(F)c(F)c(F)c2F)c(OC2CCOCC2)c1. The van der Waals surface area contributed by atoms with Crippen LogP contribution in [0.2, 0.25) is 5.02 Å². The fraction of sp³-hybridized carbons (Fsp3) is 0.350. The molecule has 9 nitrogen and oxygen atoms in total. The van der Waals surface area contributed by atoms with Gasteiger partial charge in [-0.15, -0.1) is 0 Å². The lowest BCUT2D eigenvalue weighted by molar-refractivity contribution is -0.119. The Morgan fingerprint density at radius 3 is 1.93 bits per heavy atom. The summed E-state index contributed by atoms with van der Waals surface area (Å²) in [4.78, 5) is 25.8. The van der Waals surface area contributed by atoms with Crippen LogP contribution >= 0.6 is 11.6 Å². The first-order valence-corrected chi connectivity index (χ1v) is 20.0. The van der Waals surface area contributed by atoms with Crippen molar-refractivity contribution in [2.75, 3.05) is 24.7 Å². The van der Waals surface area contributed by atoms with E-state index in [0.717, 1.165) is 59.9 Å². The molecule has 0 spiro atoms. The van der Waals surface area contributed by atoms with E-state index in [0.29, 0.717) is 43.5 Å². The summed E-state index contributed by atoms with van der Waals surface area (Å²) < 4.78 is 128. The number of rotatable bonds is 14. The predicted molar refractivity (Wildman–Crippen MR) is 195 cm³/mol. The molecule has 302 valence electrons. The average molecular weight is 837 g/mol. The van der Waals surface area contributed by atoms with Crippen molar-refractivity contribution >= 4 is 39.2 Å². The summed E-state index contributed by atoms with van der Waals surface area (Å²) in [6.45, 7) is -1.80. The fourth-order valence-corrected chi connectivity index (χ4v) is 8.52. The summed E-state index contributed by atoms with van der Waals surface area (Å²) in [6, 6.07) is 12.4. The van der Waals surface area contributed by atoms with Crippen molar-refractivity contribution in [2.45, 2.75) is 74.4 Å². The lowest BCUT2D eigenvalue weighted by Crippen LogP contribution is -2.43. The number of carbonyl (C=O) groups is 2. The van der Waals surface area contributed by atoms with Crippen LogP contribution in [0, 0.1) is 34.9 Å². The number of ether oxygens (including phenoxy) is 2. The molecule has 0 unspecified atom stereocenters. The first-order chi connectivity index (χ1) is 27.1. The molecule has 4 aromatic carbocycles. The van der Waals surface area contributed by atoms with Crippen LogP contribution in [0.1, 0.15) is 83.0 Å². The number of benzene rings is 4. The quantitative estimate of drug-likeness (QED) is 0.0769. The van der Waals surface area contributed by atoms with E-state index in [1.807, 2.05) is 12.1 Å². The number of amides is 1. The van der Waals surface area contributed by atoms with Crippen molar-refractivity contribution in [2.24, 2.45) is 0 Å². The number of nitrogens with zero attached hydrogens (tertiary/aromatic N) is 2. The van der Waals surface area contributed by atoms with Gasteiger partial charge in [-0.25, -0.2) is 39.6 Å². The highest BCUT2D eigenvalue weighted by Gasteiger charge is 2.39. The molecule has 3 fully saturated rings. The topological polar surface area (TPSA) is 113 Å². The van der Waals surface area contributed by atoms with E-state index >= 15 is 8.78 Å². The standard InChI is InChI=1S/C40H35ClF6N2O7S/c41-30-17-28(42)7-5-25(30)19-48(57(53,54)39-37(46)35(44)34(43)36(45)38(39)47)20-33(50)49(18-21-13-26(22-1-2-22)15-27(14-21)23-3-4-23)31-8-6-24(40(51)52)16-32(31)56-29-9-11-55-12-10-29/h5-8,13-17,22-23,29H,1-4,9-12,18-20H2,(H,51,52). The Balaban J connectivity index is 1.35. The van der Waals surface area contributed by atoms with Gasteiger partial charge >= 0.3 is 5.97 Å². The van der Waals surface area contributed by atoms with Crippen molar-refractivity contribution < 1.29 is 58.9 Å².